The number of anilines is 1. The molecule has 6 rings (SSSR count). The zero-order chi connectivity index (χ0) is 39.2. The molecule has 5 aromatic rings. The number of carbonyl (C=O) groups excluding carboxylic acids is 1. The molecular formula is C38H37Cl5FN5O5S2. The van der Waals surface area contributed by atoms with Crippen molar-refractivity contribution in [3.8, 4) is 33.8 Å². The van der Waals surface area contributed by atoms with Gasteiger partial charge in [-0.1, -0.05) is 82.3 Å². The highest BCUT2D eigenvalue weighted by atomic mass is 35.6. The van der Waals surface area contributed by atoms with Gasteiger partial charge in [-0.05, 0) is 92.2 Å². The first-order valence-electron chi connectivity index (χ1n) is 17.2. The number of nitrogens with zero attached hydrogens (tertiary/aromatic N) is 3. The van der Waals surface area contributed by atoms with Crippen LogP contribution in [0.2, 0.25) is 5.02 Å². The van der Waals surface area contributed by atoms with E-state index in [1.807, 2.05) is 49.4 Å². The van der Waals surface area contributed by atoms with E-state index in [1.165, 1.54) is 22.2 Å². The summed E-state index contributed by atoms with van der Waals surface area (Å²) < 4.78 is 53.6. The number of benzene rings is 3. The van der Waals surface area contributed by atoms with Crippen molar-refractivity contribution in [2.24, 2.45) is 5.92 Å². The Morgan fingerprint density at radius 1 is 1.02 bits per heavy atom. The lowest BCUT2D eigenvalue weighted by Gasteiger charge is -2.27. The molecule has 2 aromatic heterocycles. The summed E-state index contributed by atoms with van der Waals surface area (Å²) in [4.78, 5) is 22.7. The number of sulfonamides is 1. The maximum atomic E-state index is 15.5. The average molecular weight is 904 g/mol. The Labute approximate surface area is 355 Å². The fraction of sp³-hybridized carbons (Fsp3) is 0.289. The molecule has 298 valence electrons. The zero-order valence-corrected chi connectivity index (χ0v) is 35.3. The van der Waals surface area contributed by atoms with Gasteiger partial charge in [0.25, 0.3) is 10.0 Å². The molecule has 56 heavy (non-hydrogen) atoms. The van der Waals surface area contributed by atoms with Crippen molar-refractivity contribution in [3.05, 3.63) is 106 Å². The van der Waals surface area contributed by atoms with E-state index in [0.717, 1.165) is 61.2 Å². The number of hydrogen-bond acceptors (Lipinski definition) is 9. The molecule has 3 heterocycles. The van der Waals surface area contributed by atoms with Crippen LogP contribution < -0.4 is 14.8 Å². The normalized spacial score (nSPS) is 13.5. The quantitative estimate of drug-likeness (QED) is 0.112. The number of carbonyl (C=O) groups is 1. The fourth-order valence-corrected chi connectivity index (χ4v) is 8.20. The van der Waals surface area contributed by atoms with Crippen LogP contribution in [-0.4, -0.2) is 59.4 Å². The second kappa shape index (κ2) is 19.4. The van der Waals surface area contributed by atoms with Crippen LogP contribution in [0.5, 0.6) is 11.5 Å². The molecule has 0 bridgehead atoms. The molecule has 1 aliphatic rings. The van der Waals surface area contributed by atoms with E-state index in [1.54, 1.807) is 23.2 Å². The van der Waals surface area contributed by atoms with Crippen molar-refractivity contribution in [1.29, 1.82) is 0 Å². The van der Waals surface area contributed by atoms with Crippen LogP contribution in [0, 0.1) is 18.7 Å². The summed E-state index contributed by atoms with van der Waals surface area (Å²) in [5.74, 6) is -0.381. The minimum atomic E-state index is -4.35. The van der Waals surface area contributed by atoms with E-state index < -0.39 is 37.2 Å². The number of amides is 1. The minimum Gasteiger partial charge on any atom is -0.455 e. The molecule has 2 N–H and O–H groups in total. The highest BCUT2D eigenvalue weighted by Gasteiger charge is 2.27. The first-order chi connectivity index (χ1) is 26.2. The summed E-state index contributed by atoms with van der Waals surface area (Å²) in [5, 5.41) is 4.70. The molecule has 1 fully saturated rings. The number of aryl methyl sites for hydroxylation is 1. The molecule has 1 aliphatic heterocycles. The maximum Gasteiger partial charge on any atom is 0.410 e. The second-order valence-corrected chi connectivity index (χ2v) is 18.3. The number of ether oxygens (including phenoxy) is 2. The van der Waals surface area contributed by atoms with Gasteiger partial charge in [-0.15, -0.1) is 23.7 Å². The standard InChI is InChI=1S/C38H36Cl4FN5O5S2.ClH/c1-24-3-2-4-26(15-24)27-5-6-33(53-34-19-32(43)35(18-31(34)39)55(50,51)47-36-21-54-23-46-36)30(17-27)28-9-13-45-29(16-28)20-48(37(49)52-22-38(40,41)42)14-10-25-7-11-44-12-8-25;/h2-6,9,13,15-19,21,23,25,44,47H,7-8,10-12,14,20,22H2,1H3;1H. The maximum absolute atomic E-state index is 15.5. The van der Waals surface area contributed by atoms with Gasteiger partial charge < -0.3 is 19.7 Å². The van der Waals surface area contributed by atoms with Crippen molar-refractivity contribution >= 4 is 92.1 Å². The Hall–Kier alpha value is -3.40. The van der Waals surface area contributed by atoms with Gasteiger partial charge in [0.2, 0.25) is 3.79 Å². The van der Waals surface area contributed by atoms with E-state index in [4.69, 9.17) is 55.9 Å². The third-order valence-electron chi connectivity index (χ3n) is 8.86. The summed E-state index contributed by atoms with van der Waals surface area (Å²) in [6.07, 6.45) is 3.75. The van der Waals surface area contributed by atoms with Crippen LogP contribution in [0.4, 0.5) is 15.0 Å². The SMILES string of the molecule is Cc1cccc(-c2ccc(Oc3cc(F)c(S(=O)(=O)Nc4cscn4)cc3Cl)c(-c3ccnc(CN(CCC4CCNCC4)C(=O)OCC(Cl)(Cl)Cl)c3)c2)c1.Cl. The predicted molar refractivity (Wildman–Crippen MR) is 224 cm³/mol. The monoisotopic (exact) mass is 901 g/mol. The molecule has 0 atom stereocenters. The third-order valence-corrected chi connectivity index (χ3v) is 11.4. The van der Waals surface area contributed by atoms with E-state index in [0.29, 0.717) is 35.0 Å². The molecule has 18 heteroatoms. The molecule has 0 saturated carbocycles. The van der Waals surface area contributed by atoms with Gasteiger partial charge in [0.05, 0.1) is 22.8 Å². The smallest absolute Gasteiger partial charge is 0.410 e. The van der Waals surface area contributed by atoms with Crippen LogP contribution >= 0.6 is 70.1 Å². The van der Waals surface area contributed by atoms with Gasteiger partial charge in [-0.3, -0.25) is 9.71 Å². The molecule has 0 aliphatic carbocycles. The minimum absolute atomic E-state index is 0. The van der Waals surface area contributed by atoms with Crippen LogP contribution in [-0.2, 0) is 21.3 Å². The van der Waals surface area contributed by atoms with Crippen molar-refractivity contribution in [3.63, 3.8) is 0 Å². The average Bonchev–Trinajstić information content (AvgIpc) is 3.66. The van der Waals surface area contributed by atoms with Crippen molar-refractivity contribution < 1.29 is 27.1 Å². The molecular weight excluding hydrogens is 867 g/mol. The number of piperidine rings is 1. The summed E-state index contributed by atoms with van der Waals surface area (Å²) >= 11 is 25.4. The number of halogens is 6. The van der Waals surface area contributed by atoms with Crippen LogP contribution in [0.15, 0.2) is 88.7 Å². The molecule has 0 radical (unpaired) electrons. The summed E-state index contributed by atoms with van der Waals surface area (Å²) in [5.41, 5.74) is 6.15. The van der Waals surface area contributed by atoms with Gasteiger partial charge in [0.15, 0.2) is 5.82 Å². The number of rotatable bonds is 13. The third kappa shape index (κ3) is 11.8. The highest BCUT2D eigenvalue weighted by molar-refractivity contribution is 7.92. The number of aromatic nitrogens is 2. The molecule has 10 nitrogen and oxygen atoms in total. The first kappa shape index (κ1) is 43.7. The topological polar surface area (TPSA) is 123 Å². The van der Waals surface area contributed by atoms with E-state index in [2.05, 4.69) is 20.0 Å². The van der Waals surface area contributed by atoms with E-state index in [9.17, 15) is 13.2 Å². The van der Waals surface area contributed by atoms with Crippen molar-refractivity contribution in [2.45, 2.75) is 41.4 Å². The summed E-state index contributed by atoms with van der Waals surface area (Å²) in [6.45, 7) is 3.93. The van der Waals surface area contributed by atoms with E-state index >= 15 is 4.39 Å². The van der Waals surface area contributed by atoms with Crippen molar-refractivity contribution in [1.82, 2.24) is 20.2 Å². The Morgan fingerprint density at radius 2 is 1.79 bits per heavy atom. The van der Waals surface area contributed by atoms with Gasteiger partial charge in [0, 0.05) is 29.8 Å². The highest BCUT2D eigenvalue weighted by Crippen LogP contribution is 2.40. The van der Waals surface area contributed by atoms with Gasteiger partial charge >= 0.3 is 6.09 Å². The fourth-order valence-electron chi connectivity index (χ4n) is 6.12. The molecule has 1 amide bonds. The largest absolute Gasteiger partial charge is 0.455 e. The molecule has 1 saturated heterocycles. The van der Waals surface area contributed by atoms with E-state index in [-0.39, 0.29) is 35.5 Å². The molecule has 0 unspecified atom stereocenters. The Kier molecular flexibility index (Phi) is 15.1. The summed E-state index contributed by atoms with van der Waals surface area (Å²) in [7, 11) is -4.35. The number of alkyl halides is 3. The predicted octanol–water partition coefficient (Wildman–Crippen LogP) is 10.7. The number of nitrogens with one attached hydrogen (secondary N) is 2. The van der Waals surface area contributed by atoms with Gasteiger partial charge in [-0.2, -0.15) is 0 Å². The Bertz CT molecular complexity index is 2240. The number of thiazole rings is 1. The zero-order valence-electron chi connectivity index (χ0n) is 29.8. The molecule has 3 aromatic carbocycles. The first-order valence-corrected chi connectivity index (χ1v) is 21.1. The lowest BCUT2D eigenvalue weighted by atomic mass is 9.94. The van der Waals surface area contributed by atoms with Gasteiger partial charge in [-0.25, -0.2) is 22.6 Å². The molecule has 0 spiro atoms. The summed E-state index contributed by atoms with van der Waals surface area (Å²) in [6, 6.07) is 19.0. The van der Waals surface area contributed by atoms with Gasteiger partial charge in [0.1, 0.15) is 28.8 Å². The van der Waals surface area contributed by atoms with Crippen LogP contribution in [0.1, 0.15) is 30.5 Å². The Balaban J connectivity index is 0.00000600. The Morgan fingerprint density at radius 3 is 2.50 bits per heavy atom. The lowest BCUT2D eigenvalue weighted by molar-refractivity contribution is 0.0975. The van der Waals surface area contributed by atoms with Crippen LogP contribution in [0.25, 0.3) is 22.3 Å². The second-order valence-electron chi connectivity index (χ2n) is 13.0. The lowest BCUT2D eigenvalue weighted by Crippen LogP contribution is -2.36. The van der Waals surface area contributed by atoms with Crippen LogP contribution in [0.3, 0.4) is 0 Å². The number of pyridine rings is 1. The number of hydrogen-bond donors (Lipinski definition) is 2. The van der Waals surface area contributed by atoms with Crippen molar-refractivity contribution in [2.75, 3.05) is 31.0 Å².